The number of rotatable bonds is 11. The van der Waals surface area contributed by atoms with Gasteiger partial charge in [-0.3, -0.25) is 13.7 Å². The molecule has 2 aromatic rings. The summed E-state index contributed by atoms with van der Waals surface area (Å²) in [7, 11) is 1.46. The number of nitrogens with two attached hydrogens (primary N) is 1. The molecule has 33 heavy (non-hydrogen) atoms. The standard InChI is InChI=1S/C22H28F3N3O4S/c1-4-5-12-32-21-15(8-11-19(27-21)22(23,24)25)6-9-17(20(26)29)16-7-10-18(14(2)13-16)28(3)33(30)31/h7-8,10-11,13,17H,4-6,9,12H2,1-3H3,(H2,26,29)(H,30,31). The monoisotopic (exact) mass is 487 g/mol. The van der Waals surface area contributed by atoms with E-state index in [4.69, 9.17) is 10.5 Å². The van der Waals surface area contributed by atoms with Gasteiger partial charge in [0, 0.05) is 12.6 Å². The number of aromatic nitrogens is 1. The summed E-state index contributed by atoms with van der Waals surface area (Å²) in [5.74, 6) is -1.40. The van der Waals surface area contributed by atoms with Crippen LogP contribution in [0.25, 0.3) is 0 Å². The Morgan fingerprint density at radius 2 is 2.00 bits per heavy atom. The van der Waals surface area contributed by atoms with Gasteiger partial charge in [-0.2, -0.15) is 13.2 Å². The highest BCUT2D eigenvalue weighted by molar-refractivity contribution is 7.80. The second-order valence-corrected chi connectivity index (χ2v) is 8.64. The van der Waals surface area contributed by atoms with Crippen LogP contribution in [0.3, 0.4) is 0 Å². The first-order chi connectivity index (χ1) is 15.5. The Labute approximate surface area is 193 Å². The average Bonchev–Trinajstić information content (AvgIpc) is 2.73. The smallest absolute Gasteiger partial charge is 0.433 e. The van der Waals surface area contributed by atoms with E-state index in [-0.39, 0.29) is 25.3 Å². The van der Waals surface area contributed by atoms with Gasteiger partial charge >= 0.3 is 6.18 Å². The fourth-order valence-corrected chi connectivity index (χ4v) is 3.73. The molecule has 7 nitrogen and oxygen atoms in total. The molecule has 11 heteroatoms. The van der Waals surface area contributed by atoms with Gasteiger partial charge in [0.15, 0.2) is 0 Å². The van der Waals surface area contributed by atoms with Crippen LogP contribution in [0.1, 0.15) is 54.5 Å². The molecule has 2 unspecified atom stereocenters. The number of alkyl halides is 3. The van der Waals surface area contributed by atoms with Gasteiger partial charge < -0.3 is 10.5 Å². The van der Waals surface area contributed by atoms with Crippen LogP contribution in [0, 0.1) is 6.92 Å². The number of pyridine rings is 1. The molecule has 2 atom stereocenters. The van der Waals surface area contributed by atoms with Crippen LogP contribution in [0.15, 0.2) is 30.3 Å². The molecular formula is C22H28F3N3O4S. The third-order valence-electron chi connectivity index (χ3n) is 5.21. The SMILES string of the molecule is CCCCOc1nc(C(F)(F)F)ccc1CCC(C(N)=O)c1ccc(N(C)S(=O)O)c(C)c1. The maximum Gasteiger partial charge on any atom is 0.433 e. The Bertz CT molecular complexity index is 1000. The van der Waals surface area contributed by atoms with Crippen LogP contribution in [0.5, 0.6) is 5.88 Å². The zero-order chi connectivity index (χ0) is 24.8. The molecule has 0 aliphatic carbocycles. The second-order valence-electron chi connectivity index (χ2n) is 7.63. The van der Waals surface area contributed by atoms with Crippen LogP contribution in [0.4, 0.5) is 18.9 Å². The number of ether oxygens (including phenoxy) is 1. The van der Waals surface area contributed by atoms with Crippen molar-refractivity contribution in [2.24, 2.45) is 5.73 Å². The predicted molar refractivity (Wildman–Crippen MR) is 120 cm³/mol. The van der Waals surface area contributed by atoms with Crippen LogP contribution < -0.4 is 14.8 Å². The quantitative estimate of drug-likeness (QED) is 0.362. The van der Waals surface area contributed by atoms with Crippen molar-refractivity contribution in [3.63, 3.8) is 0 Å². The molecule has 0 fully saturated rings. The van der Waals surface area contributed by atoms with E-state index in [1.165, 1.54) is 17.4 Å². The zero-order valence-corrected chi connectivity index (χ0v) is 19.5. The van der Waals surface area contributed by atoms with Gasteiger partial charge in [0.05, 0.1) is 18.2 Å². The van der Waals surface area contributed by atoms with E-state index in [1.54, 1.807) is 25.1 Å². The molecule has 0 aliphatic heterocycles. The van der Waals surface area contributed by atoms with Crippen molar-refractivity contribution in [3.8, 4) is 5.88 Å². The molecule has 1 heterocycles. The van der Waals surface area contributed by atoms with Crippen molar-refractivity contribution in [3.05, 3.63) is 52.7 Å². The number of amides is 1. The van der Waals surface area contributed by atoms with E-state index in [0.29, 0.717) is 28.8 Å². The molecule has 182 valence electrons. The van der Waals surface area contributed by atoms with E-state index in [1.807, 2.05) is 6.92 Å². The minimum absolute atomic E-state index is 0.0972. The summed E-state index contributed by atoms with van der Waals surface area (Å²) >= 11 is -2.20. The first-order valence-corrected chi connectivity index (χ1v) is 11.5. The van der Waals surface area contributed by atoms with Crippen molar-refractivity contribution >= 4 is 22.9 Å². The van der Waals surface area contributed by atoms with E-state index >= 15 is 0 Å². The molecule has 0 bridgehead atoms. The van der Waals surface area contributed by atoms with Crippen molar-refractivity contribution in [2.75, 3.05) is 18.0 Å². The molecular weight excluding hydrogens is 459 g/mol. The maximum atomic E-state index is 13.1. The fourth-order valence-electron chi connectivity index (χ4n) is 3.36. The third kappa shape index (κ3) is 7.16. The number of unbranched alkanes of at least 4 members (excludes halogenated alkanes) is 1. The van der Waals surface area contributed by atoms with Crippen molar-refractivity contribution in [1.29, 1.82) is 0 Å². The van der Waals surface area contributed by atoms with Crippen molar-refractivity contribution in [2.45, 2.75) is 51.6 Å². The predicted octanol–water partition coefficient (Wildman–Crippen LogP) is 4.36. The second kappa shape index (κ2) is 11.5. The van der Waals surface area contributed by atoms with Crippen molar-refractivity contribution in [1.82, 2.24) is 4.98 Å². The Kier molecular flexibility index (Phi) is 9.24. The Balaban J connectivity index is 2.28. The number of anilines is 1. The summed E-state index contributed by atoms with van der Waals surface area (Å²) in [6, 6.07) is 7.18. The van der Waals surface area contributed by atoms with Crippen LogP contribution >= 0.6 is 0 Å². The maximum absolute atomic E-state index is 13.1. The van der Waals surface area contributed by atoms with Gasteiger partial charge in [0.25, 0.3) is 11.3 Å². The van der Waals surface area contributed by atoms with E-state index in [2.05, 4.69) is 4.98 Å². The highest BCUT2D eigenvalue weighted by atomic mass is 32.2. The number of aryl methyl sites for hydroxylation is 2. The zero-order valence-electron chi connectivity index (χ0n) is 18.7. The first-order valence-electron chi connectivity index (χ1n) is 10.4. The number of nitrogens with zero attached hydrogens (tertiary/aromatic N) is 2. The summed E-state index contributed by atoms with van der Waals surface area (Å²) in [5.41, 5.74) is 6.82. The van der Waals surface area contributed by atoms with E-state index in [0.717, 1.165) is 12.5 Å². The normalized spacial score (nSPS) is 13.4. The Morgan fingerprint density at radius 3 is 2.55 bits per heavy atom. The number of hydrogen-bond acceptors (Lipinski definition) is 4. The number of benzene rings is 1. The number of halogens is 3. The molecule has 3 N–H and O–H groups in total. The molecule has 0 saturated heterocycles. The minimum atomic E-state index is -4.60. The highest BCUT2D eigenvalue weighted by Crippen LogP contribution is 2.32. The summed E-state index contributed by atoms with van der Waals surface area (Å²) in [4.78, 5) is 15.8. The van der Waals surface area contributed by atoms with Gasteiger partial charge in [0.1, 0.15) is 5.69 Å². The summed E-state index contributed by atoms with van der Waals surface area (Å²) in [6.45, 7) is 3.90. The van der Waals surface area contributed by atoms with E-state index in [9.17, 15) is 26.7 Å². The summed E-state index contributed by atoms with van der Waals surface area (Å²) in [6.07, 6.45) is -2.66. The minimum Gasteiger partial charge on any atom is -0.477 e. The number of carbonyl (C=O) groups excluding carboxylic acids is 1. The van der Waals surface area contributed by atoms with Gasteiger partial charge in [-0.25, -0.2) is 9.19 Å². The fraction of sp³-hybridized carbons (Fsp3) is 0.455. The third-order valence-corrected chi connectivity index (χ3v) is 5.87. The number of hydrogen-bond donors (Lipinski definition) is 2. The van der Waals surface area contributed by atoms with Gasteiger partial charge in [-0.1, -0.05) is 31.5 Å². The average molecular weight is 488 g/mol. The van der Waals surface area contributed by atoms with Gasteiger partial charge in [-0.15, -0.1) is 0 Å². The largest absolute Gasteiger partial charge is 0.477 e. The molecule has 0 saturated carbocycles. The molecule has 1 amide bonds. The summed E-state index contributed by atoms with van der Waals surface area (Å²) in [5, 5.41) is 0. The lowest BCUT2D eigenvalue weighted by molar-refractivity contribution is -0.141. The Morgan fingerprint density at radius 1 is 1.30 bits per heavy atom. The Hall–Kier alpha value is -2.66. The molecule has 2 rings (SSSR count). The van der Waals surface area contributed by atoms with Gasteiger partial charge in [0.2, 0.25) is 11.8 Å². The molecule has 0 aliphatic rings. The van der Waals surface area contributed by atoms with Crippen LogP contribution in [0.2, 0.25) is 0 Å². The van der Waals surface area contributed by atoms with Crippen molar-refractivity contribution < 1.29 is 31.5 Å². The highest BCUT2D eigenvalue weighted by Gasteiger charge is 2.33. The molecule has 1 aromatic carbocycles. The van der Waals surface area contributed by atoms with Gasteiger partial charge in [-0.05, 0) is 49.4 Å². The van der Waals surface area contributed by atoms with Crippen LogP contribution in [-0.4, -0.2) is 33.3 Å². The lowest BCUT2D eigenvalue weighted by atomic mass is 9.90. The lowest BCUT2D eigenvalue weighted by Gasteiger charge is -2.20. The topological polar surface area (TPSA) is 106 Å². The molecule has 0 radical (unpaired) electrons. The van der Waals surface area contributed by atoms with Crippen LogP contribution in [-0.2, 0) is 28.7 Å². The van der Waals surface area contributed by atoms with E-state index < -0.39 is 35.0 Å². The number of carbonyl (C=O) groups is 1. The molecule has 1 aromatic heterocycles. The summed E-state index contributed by atoms with van der Waals surface area (Å²) < 4.78 is 66.6. The lowest BCUT2D eigenvalue weighted by Crippen LogP contribution is -2.23. The number of primary amides is 1. The molecule has 0 spiro atoms. The first kappa shape index (κ1) is 26.6.